The smallest absolute Gasteiger partial charge is 0.0700 e. The highest BCUT2D eigenvalue weighted by molar-refractivity contribution is 6.30. The van der Waals surface area contributed by atoms with Crippen LogP contribution in [0.25, 0.3) is 0 Å². The maximum Gasteiger partial charge on any atom is 0.0700 e. The first-order valence-electron chi connectivity index (χ1n) is 6.44. The van der Waals surface area contributed by atoms with Gasteiger partial charge in [0.2, 0.25) is 0 Å². The third-order valence-corrected chi connectivity index (χ3v) is 3.95. The minimum Gasteiger partial charge on any atom is -0.313 e. The van der Waals surface area contributed by atoms with Gasteiger partial charge in [-0.3, -0.25) is 4.90 Å². The van der Waals surface area contributed by atoms with Crippen molar-refractivity contribution in [3.8, 4) is 0 Å². The fourth-order valence-corrected chi connectivity index (χ4v) is 2.57. The molecule has 1 aromatic carbocycles. The monoisotopic (exact) mass is 267 g/mol. The summed E-state index contributed by atoms with van der Waals surface area (Å²) in [5.74, 6) is 0. The number of nitrogens with two attached hydrogens (primary N) is 1. The van der Waals surface area contributed by atoms with Gasteiger partial charge < -0.3 is 10.6 Å². The van der Waals surface area contributed by atoms with Crippen molar-refractivity contribution >= 4 is 11.6 Å². The third kappa shape index (κ3) is 3.45. The van der Waals surface area contributed by atoms with Crippen LogP contribution >= 0.6 is 11.6 Å². The van der Waals surface area contributed by atoms with Gasteiger partial charge in [0.15, 0.2) is 0 Å². The van der Waals surface area contributed by atoms with E-state index in [1.807, 2.05) is 12.1 Å². The number of halogens is 1. The highest BCUT2D eigenvalue weighted by Crippen LogP contribution is 2.19. The highest BCUT2D eigenvalue weighted by Gasteiger charge is 2.29. The van der Waals surface area contributed by atoms with Crippen molar-refractivity contribution in [3.05, 3.63) is 34.9 Å². The first kappa shape index (κ1) is 13.8. The van der Waals surface area contributed by atoms with Crippen molar-refractivity contribution in [2.24, 2.45) is 5.73 Å². The Hall–Kier alpha value is -0.610. The zero-order valence-corrected chi connectivity index (χ0v) is 12.0. The van der Waals surface area contributed by atoms with E-state index in [1.165, 1.54) is 5.56 Å². The summed E-state index contributed by atoms with van der Waals surface area (Å²) in [5.41, 5.74) is 7.44. The molecule has 0 aliphatic carbocycles. The summed E-state index contributed by atoms with van der Waals surface area (Å²) in [6.45, 7) is 6.38. The minimum absolute atomic E-state index is 0.283. The van der Waals surface area contributed by atoms with E-state index >= 15 is 0 Å². The number of piperazine rings is 1. The lowest BCUT2D eigenvalue weighted by Crippen LogP contribution is -2.60. The molecular weight excluding hydrogens is 246 g/mol. The number of rotatable bonds is 3. The van der Waals surface area contributed by atoms with Crippen molar-refractivity contribution in [2.45, 2.75) is 19.0 Å². The van der Waals surface area contributed by atoms with E-state index in [9.17, 15) is 0 Å². The van der Waals surface area contributed by atoms with Crippen LogP contribution in [0.5, 0.6) is 0 Å². The Kier molecular flexibility index (Phi) is 4.28. The number of benzene rings is 1. The molecule has 1 fully saturated rings. The summed E-state index contributed by atoms with van der Waals surface area (Å²) in [5, 5.41) is 0.775. The molecule has 0 aromatic heterocycles. The summed E-state index contributed by atoms with van der Waals surface area (Å²) in [7, 11) is 2.16. The molecule has 1 atom stereocenters. The maximum absolute atomic E-state index is 6.48. The van der Waals surface area contributed by atoms with Crippen LogP contribution in [0.3, 0.4) is 0 Å². The van der Waals surface area contributed by atoms with Gasteiger partial charge in [0.25, 0.3) is 0 Å². The molecule has 0 amide bonds. The second kappa shape index (κ2) is 5.57. The predicted octanol–water partition coefficient (Wildman–Crippen LogP) is 1.80. The van der Waals surface area contributed by atoms with Gasteiger partial charge in [-0.1, -0.05) is 23.7 Å². The Balaban J connectivity index is 2.00. The molecule has 0 bridgehead atoms. The maximum atomic E-state index is 6.48. The molecule has 0 spiro atoms. The zero-order valence-electron chi connectivity index (χ0n) is 11.2. The standard InChI is InChI=1S/C14H22ClN3/c1-14(16,18-9-7-17(2)8-10-18)11-12-3-5-13(15)6-4-12/h3-6H,7-11,16H2,1-2H3. The lowest BCUT2D eigenvalue weighted by Gasteiger charge is -2.43. The summed E-state index contributed by atoms with van der Waals surface area (Å²) in [6.07, 6.45) is 0.855. The first-order chi connectivity index (χ1) is 8.47. The molecule has 0 saturated carbocycles. The normalized spacial score (nSPS) is 21.8. The molecule has 0 radical (unpaired) electrons. The third-order valence-electron chi connectivity index (χ3n) is 3.70. The van der Waals surface area contributed by atoms with Crippen LogP contribution in [0.1, 0.15) is 12.5 Å². The largest absolute Gasteiger partial charge is 0.313 e. The SMILES string of the molecule is CN1CCN(C(C)(N)Cc2ccc(Cl)cc2)CC1. The molecule has 100 valence electrons. The summed E-state index contributed by atoms with van der Waals surface area (Å²) < 4.78 is 0. The van der Waals surface area contributed by atoms with Gasteiger partial charge in [-0.25, -0.2) is 0 Å². The van der Waals surface area contributed by atoms with Crippen LogP contribution in [-0.4, -0.2) is 48.7 Å². The predicted molar refractivity (Wildman–Crippen MR) is 76.8 cm³/mol. The molecule has 1 aliphatic heterocycles. The average Bonchev–Trinajstić information content (AvgIpc) is 2.32. The second-order valence-electron chi connectivity index (χ2n) is 5.45. The first-order valence-corrected chi connectivity index (χ1v) is 6.82. The molecule has 1 saturated heterocycles. The van der Waals surface area contributed by atoms with Crippen LogP contribution in [0.4, 0.5) is 0 Å². The lowest BCUT2D eigenvalue weighted by atomic mass is 9.99. The Morgan fingerprint density at radius 1 is 1.17 bits per heavy atom. The topological polar surface area (TPSA) is 32.5 Å². The quantitative estimate of drug-likeness (QED) is 0.907. The van der Waals surface area contributed by atoms with Gasteiger partial charge >= 0.3 is 0 Å². The van der Waals surface area contributed by atoms with Gasteiger partial charge in [0.05, 0.1) is 5.66 Å². The van der Waals surface area contributed by atoms with E-state index in [1.54, 1.807) is 0 Å². The van der Waals surface area contributed by atoms with Crippen molar-refractivity contribution in [1.82, 2.24) is 9.80 Å². The molecule has 2 N–H and O–H groups in total. The van der Waals surface area contributed by atoms with Crippen molar-refractivity contribution in [2.75, 3.05) is 33.2 Å². The van der Waals surface area contributed by atoms with E-state index in [0.29, 0.717) is 0 Å². The number of nitrogens with zero attached hydrogens (tertiary/aromatic N) is 2. The number of likely N-dealkylation sites (N-methyl/N-ethyl adjacent to an activating group) is 1. The Morgan fingerprint density at radius 2 is 1.72 bits per heavy atom. The molecule has 3 nitrogen and oxygen atoms in total. The molecule has 18 heavy (non-hydrogen) atoms. The van der Waals surface area contributed by atoms with Crippen LogP contribution in [0.2, 0.25) is 5.02 Å². The van der Waals surface area contributed by atoms with E-state index in [2.05, 4.69) is 35.9 Å². The molecule has 4 heteroatoms. The zero-order chi connectivity index (χ0) is 13.2. The molecular formula is C14H22ClN3. The van der Waals surface area contributed by atoms with E-state index in [-0.39, 0.29) is 5.66 Å². The summed E-state index contributed by atoms with van der Waals surface area (Å²) in [4.78, 5) is 4.72. The van der Waals surface area contributed by atoms with Gasteiger partial charge in [-0.15, -0.1) is 0 Å². The number of hydrogen-bond acceptors (Lipinski definition) is 3. The Bertz CT molecular complexity index is 381. The van der Waals surface area contributed by atoms with Gasteiger partial charge in [-0.05, 0) is 31.7 Å². The minimum atomic E-state index is -0.283. The summed E-state index contributed by atoms with van der Waals surface area (Å²) in [6, 6.07) is 7.97. The molecule has 1 aromatic rings. The molecule has 1 unspecified atom stereocenters. The number of hydrogen-bond donors (Lipinski definition) is 1. The van der Waals surface area contributed by atoms with Crippen LogP contribution in [0.15, 0.2) is 24.3 Å². The van der Waals surface area contributed by atoms with Crippen LogP contribution in [0, 0.1) is 0 Å². The van der Waals surface area contributed by atoms with Gasteiger partial charge in [-0.2, -0.15) is 0 Å². The molecule has 2 rings (SSSR count). The van der Waals surface area contributed by atoms with Crippen molar-refractivity contribution < 1.29 is 0 Å². The van der Waals surface area contributed by atoms with E-state index in [4.69, 9.17) is 17.3 Å². The Morgan fingerprint density at radius 3 is 2.28 bits per heavy atom. The summed E-state index contributed by atoms with van der Waals surface area (Å²) >= 11 is 5.90. The van der Waals surface area contributed by atoms with E-state index < -0.39 is 0 Å². The Labute approximate surface area is 115 Å². The van der Waals surface area contributed by atoms with Gasteiger partial charge in [0.1, 0.15) is 0 Å². The van der Waals surface area contributed by atoms with Crippen molar-refractivity contribution in [3.63, 3.8) is 0 Å². The molecule has 1 aliphatic rings. The fourth-order valence-electron chi connectivity index (χ4n) is 2.44. The average molecular weight is 268 g/mol. The van der Waals surface area contributed by atoms with Gasteiger partial charge in [0, 0.05) is 37.6 Å². The van der Waals surface area contributed by atoms with Crippen LogP contribution < -0.4 is 5.73 Å². The fraction of sp³-hybridized carbons (Fsp3) is 0.571. The van der Waals surface area contributed by atoms with Crippen LogP contribution in [-0.2, 0) is 6.42 Å². The molecule has 1 heterocycles. The second-order valence-corrected chi connectivity index (χ2v) is 5.89. The highest BCUT2D eigenvalue weighted by atomic mass is 35.5. The lowest BCUT2D eigenvalue weighted by molar-refractivity contribution is 0.0546. The van der Waals surface area contributed by atoms with E-state index in [0.717, 1.165) is 37.6 Å². The van der Waals surface area contributed by atoms with Crippen molar-refractivity contribution in [1.29, 1.82) is 0 Å².